The second-order valence-electron chi connectivity index (χ2n) is 4.83. The molecule has 1 amide bonds. The van der Waals surface area contributed by atoms with Gasteiger partial charge in [-0.1, -0.05) is 17.7 Å². The Morgan fingerprint density at radius 3 is 2.48 bits per heavy atom. The van der Waals surface area contributed by atoms with E-state index < -0.39 is 5.97 Å². The monoisotopic (exact) mass is 284 g/mol. The quantitative estimate of drug-likeness (QED) is 0.756. The number of carbonyl (C=O) groups excluding carboxylic acids is 1. The van der Waals surface area contributed by atoms with Crippen molar-refractivity contribution < 1.29 is 14.7 Å². The van der Waals surface area contributed by atoms with Gasteiger partial charge in [-0.2, -0.15) is 0 Å². The molecule has 0 aliphatic heterocycles. The van der Waals surface area contributed by atoms with Gasteiger partial charge in [-0.05, 0) is 43.7 Å². The first-order valence-corrected chi connectivity index (χ1v) is 6.40. The van der Waals surface area contributed by atoms with Gasteiger partial charge in [0.2, 0.25) is 0 Å². The number of nitrogens with one attached hydrogen (secondary N) is 1. The molecular weight excluding hydrogens is 268 g/mol. The molecule has 0 aliphatic rings. The molecule has 4 N–H and O–H groups in total. The summed E-state index contributed by atoms with van der Waals surface area (Å²) in [4.78, 5) is 23.5. The maximum absolute atomic E-state index is 12.3. The number of carboxylic acids is 1. The summed E-state index contributed by atoms with van der Waals surface area (Å²) in [5, 5.41) is 11.8. The average Bonchev–Trinajstić information content (AvgIpc) is 2.43. The summed E-state index contributed by atoms with van der Waals surface area (Å²) in [7, 11) is 0. The number of aryl methyl sites for hydroxylation is 1. The van der Waals surface area contributed by atoms with Gasteiger partial charge in [-0.25, -0.2) is 4.79 Å². The van der Waals surface area contributed by atoms with E-state index >= 15 is 0 Å². The first-order chi connectivity index (χ1) is 9.90. The number of carboxylic acid groups (broad SMARTS) is 1. The van der Waals surface area contributed by atoms with Crippen LogP contribution in [0.15, 0.2) is 36.4 Å². The summed E-state index contributed by atoms with van der Waals surface area (Å²) < 4.78 is 0. The molecule has 0 radical (unpaired) electrons. The van der Waals surface area contributed by atoms with E-state index in [0.717, 1.165) is 5.56 Å². The molecule has 0 saturated heterocycles. The third-order valence-electron chi connectivity index (χ3n) is 3.27. The predicted molar refractivity (Wildman–Crippen MR) is 81.7 cm³/mol. The van der Waals surface area contributed by atoms with E-state index in [0.29, 0.717) is 16.8 Å². The second-order valence-corrected chi connectivity index (χ2v) is 4.83. The minimum absolute atomic E-state index is 0.0601. The molecule has 108 valence electrons. The van der Waals surface area contributed by atoms with Gasteiger partial charge in [0, 0.05) is 11.3 Å². The maximum Gasteiger partial charge on any atom is 0.337 e. The van der Waals surface area contributed by atoms with E-state index in [-0.39, 0.29) is 17.2 Å². The van der Waals surface area contributed by atoms with E-state index in [1.165, 1.54) is 6.07 Å². The Balaban J connectivity index is 2.36. The van der Waals surface area contributed by atoms with Crippen LogP contribution >= 0.6 is 0 Å². The minimum atomic E-state index is -1.08. The largest absolute Gasteiger partial charge is 0.478 e. The van der Waals surface area contributed by atoms with E-state index in [1.54, 1.807) is 44.2 Å². The number of aromatic carboxylic acids is 1. The normalized spacial score (nSPS) is 10.2. The van der Waals surface area contributed by atoms with Gasteiger partial charge in [0.15, 0.2) is 0 Å². The van der Waals surface area contributed by atoms with Crippen molar-refractivity contribution in [1.29, 1.82) is 0 Å². The molecule has 0 aromatic heterocycles. The van der Waals surface area contributed by atoms with E-state index in [1.807, 2.05) is 0 Å². The average molecular weight is 284 g/mol. The standard InChI is InChI=1S/C16H16N2O3/c1-9-6-7-14(12(8-9)16(20)21)18-15(19)11-4-3-5-13(17)10(11)2/h3-8H,17H2,1-2H3,(H,18,19)(H,20,21). The zero-order valence-electron chi connectivity index (χ0n) is 11.8. The summed E-state index contributed by atoms with van der Waals surface area (Å²) in [6.07, 6.45) is 0. The Morgan fingerprint density at radius 1 is 1.10 bits per heavy atom. The van der Waals surface area contributed by atoms with Gasteiger partial charge in [-0.3, -0.25) is 4.79 Å². The number of hydrogen-bond donors (Lipinski definition) is 3. The van der Waals surface area contributed by atoms with Crippen LogP contribution in [0.25, 0.3) is 0 Å². The van der Waals surface area contributed by atoms with Crippen molar-refractivity contribution in [3.63, 3.8) is 0 Å². The highest BCUT2D eigenvalue weighted by atomic mass is 16.4. The molecule has 0 spiro atoms. The molecular formula is C16H16N2O3. The molecule has 2 rings (SSSR count). The van der Waals surface area contributed by atoms with Crippen LogP contribution in [0.2, 0.25) is 0 Å². The maximum atomic E-state index is 12.3. The Hall–Kier alpha value is -2.82. The summed E-state index contributed by atoms with van der Waals surface area (Å²) in [6, 6.07) is 9.89. The highest BCUT2D eigenvalue weighted by molar-refractivity contribution is 6.09. The van der Waals surface area contributed by atoms with Crippen LogP contribution in [-0.4, -0.2) is 17.0 Å². The zero-order valence-corrected chi connectivity index (χ0v) is 11.8. The fourth-order valence-electron chi connectivity index (χ4n) is 2.03. The van der Waals surface area contributed by atoms with Gasteiger partial charge in [-0.15, -0.1) is 0 Å². The summed E-state index contributed by atoms with van der Waals surface area (Å²) in [5.74, 6) is -1.47. The van der Waals surface area contributed by atoms with E-state index in [2.05, 4.69) is 5.32 Å². The number of benzene rings is 2. The molecule has 0 bridgehead atoms. The molecule has 5 heteroatoms. The van der Waals surface area contributed by atoms with Crippen molar-refractivity contribution in [2.75, 3.05) is 11.1 Å². The summed E-state index contributed by atoms with van der Waals surface area (Å²) in [5.41, 5.74) is 8.52. The van der Waals surface area contributed by atoms with Gasteiger partial charge < -0.3 is 16.2 Å². The van der Waals surface area contributed by atoms with E-state index in [4.69, 9.17) is 5.73 Å². The predicted octanol–water partition coefficient (Wildman–Crippen LogP) is 2.84. The number of anilines is 2. The van der Waals surface area contributed by atoms with Crippen LogP contribution in [-0.2, 0) is 0 Å². The molecule has 0 atom stereocenters. The number of rotatable bonds is 3. The van der Waals surface area contributed by atoms with Gasteiger partial charge in [0.1, 0.15) is 0 Å². The van der Waals surface area contributed by atoms with Gasteiger partial charge in [0.25, 0.3) is 5.91 Å². The van der Waals surface area contributed by atoms with Crippen molar-refractivity contribution >= 4 is 23.3 Å². The number of hydrogen-bond acceptors (Lipinski definition) is 3. The number of amides is 1. The Morgan fingerprint density at radius 2 is 1.81 bits per heavy atom. The van der Waals surface area contributed by atoms with Crippen molar-refractivity contribution in [2.45, 2.75) is 13.8 Å². The molecule has 0 fully saturated rings. The lowest BCUT2D eigenvalue weighted by Crippen LogP contribution is -2.16. The number of carbonyl (C=O) groups is 2. The highest BCUT2D eigenvalue weighted by Gasteiger charge is 2.15. The molecule has 2 aromatic carbocycles. The van der Waals surface area contributed by atoms with Gasteiger partial charge >= 0.3 is 5.97 Å². The summed E-state index contributed by atoms with van der Waals surface area (Å²) in [6.45, 7) is 3.54. The topological polar surface area (TPSA) is 92.4 Å². The van der Waals surface area contributed by atoms with Crippen LogP contribution in [0, 0.1) is 13.8 Å². The Kier molecular flexibility index (Phi) is 3.93. The molecule has 0 unspecified atom stereocenters. The Bertz CT molecular complexity index is 723. The molecule has 0 aliphatic carbocycles. The fourth-order valence-corrected chi connectivity index (χ4v) is 2.03. The van der Waals surface area contributed by atoms with E-state index in [9.17, 15) is 14.7 Å². The smallest absolute Gasteiger partial charge is 0.337 e. The molecule has 2 aromatic rings. The number of nitrogens with two attached hydrogens (primary N) is 1. The lowest BCUT2D eigenvalue weighted by molar-refractivity contribution is 0.0698. The first-order valence-electron chi connectivity index (χ1n) is 6.40. The van der Waals surface area contributed by atoms with Crippen LogP contribution in [0.4, 0.5) is 11.4 Å². The molecule has 0 heterocycles. The first kappa shape index (κ1) is 14.6. The van der Waals surface area contributed by atoms with Crippen LogP contribution in [0.3, 0.4) is 0 Å². The van der Waals surface area contributed by atoms with Crippen molar-refractivity contribution in [3.05, 3.63) is 58.7 Å². The molecule has 5 nitrogen and oxygen atoms in total. The minimum Gasteiger partial charge on any atom is -0.478 e. The lowest BCUT2D eigenvalue weighted by Gasteiger charge is -2.11. The van der Waals surface area contributed by atoms with Crippen molar-refractivity contribution in [3.8, 4) is 0 Å². The van der Waals surface area contributed by atoms with Gasteiger partial charge in [0.05, 0.1) is 11.3 Å². The van der Waals surface area contributed by atoms with Crippen LogP contribution in [0.5, 0.6) is 0 Å². The third-order valence-corrected chi connectivity index (χ3v) is 3.27. The summed E-state index contributed by atoms with van der Waals surface area (Å²) >= 11 is 0. The number of nitrogen functional groups attached to an aromatic ring is 1. The SMILES string of the molecule is Cc1ccc(NC(=O)c2cccc(N)c2C)c(C(=O)O)c1. The lowest BCUT2D eigenvalue weighted by atomic mass is 10.1. The zero-order chi connectivity index (χ0) is 15.6. The highest BCUT2D eigenvalue weighted by Crippen LogP contribution is 2.21. The molecule has 21 heavy (non-hydrogen) atoms. The second kappa shape index (κ2) is 5.66. The van der Waals surface area contributed by atoms with Crippen molar-refractivity contribution in [1.82, 2.24) is 0 Å². The van der Waals surface area contributed by atoms with Crippen LogP contribution in [0.1, 0.15) is 31.8 Å². The molecule has 0 saturated carbocycles. The third kappa shape index (κ3) is 3.02. The van der Waals surface area contributed by atoms with Crippen LogP contribution < -0.4 is 11.1 Å². The fraction of sp³-hybridized carbons (Fsp3) is 0.125. The van der Waals surface area contributed by atoms with Crippen molar-refractivity contribution in [2.24, 2.45) is 0 Å². The Labute approximate surface area is 122 Å².